The third kappa shape index (κ3) is 6.28. The lowest BCUT2D eigenvalue weighted by Gasteiger charge is -2.30. The SMILES string of the molecule is Cc1cc(NC2CCC(NCCOc3ccc(Cl)cc3)CC2)cc(N(C)C)n1. The zero-order chi connectivity index (χ0) is 19.9. The second kappa shape index (κ2) is 9.99. The van der Waals surface area contributed by atoms with Gasteiger partial charge in [-0.25, -0.2) is 4.98 Å². The summed E-state index contributed by atoms with van der Waals surface area (Å²) < 4.78 is 5.75. The molecule has 1 aromatic heterocycles. The Labute approximate surface area is 173 Å². The van der Waals surface area contributed by atoms with Crippen LogP contribution in [0.1, 0.15) is 31.4 Å². The van der Waals surface area contributed by atoms with E-state index in [0.717, 1.165) is 28.8 Å². The minimum Gasteiger partial charge on any atom is -0.492 e. The van der Waals surface area contributed by atoms with Gasteiger partial charge in [0.2, 0.25) is 0 Å². The molecule has 1 aliphatic rings. The van der Waals surface area contributed by atoms with E-state index in [1.54, 1.807) is 0 Å². The molecule has 1 aliphatic carbocycles. The minimum absolute atomic E-state index is 0.528. The predicted octanol–water partition coefficient (Wildman–Crippen LogP) is 4.50. The molecular weight excluding hydrogens is 372 g/mol. The second-order valence-electron chi connectivity index (χ2n) is 7.70. The molecule has 2 N–H and O–H groups in total. The van der Waals surface area contributed by atoms with Crippen LogP contribution < -0.4 is 20.3 Å². The first kappa shape index (κ1) is 20.7. The van der Waals surface area contributed by atoms with Gasteiger partial charge in [0.25, 0.3) is 0 Å². The first-order valence-corrected chi connectivity index (χ1v) is 10.4. The lowest BCUT2D eigenvalue weighted by molar-refractivity contribution is 0.285. The molecule has 0 spiro atoms. The zero-order valence-electron chi connectivity index (χ0n) is 17.0. The Morgan fingerprint density at radius 3 is 2.43 bits per heavy atom. The molecule has 6 heteroatoms. The highest BCUT2D eigenvalue weighted by Crippen LogP contribution is 2.24. The zero-order valence-corrected chi connectivity index (χ0v) is 17.8. The van der Waals surface area contributed by atoms with Crippen LogP contribution in [0.15, 0.2) is 36.4 Å². The number of nitrogens with one attached hydrogen (secondary N) is 2. The summed E-state index contributed by atoms with van der Waals surface area (Å²) in [6.07, 6.45) is 4.72. The van der Waals surface area contributed by atoms with Gasteiger partial charge in [0, 0.05) is 55.2 Å². The molecule has 0 bridgehead atoms. The van der Waals surface area contributed by atoms with Gasteiger partial charge >= 0.3 is 0 Å². The average Bonchev–Trinajstić information content (AvgIpc) is 2.67. The number of ether oxygens (including phenoxy) is 1. The van der Waals surface area contributed by atoms with Crippen molar-refractivity contribution in [2.75, 3.05) is 37.5 Å². The van der Waals surface area contributed by atoms with E-state index in [1.165, 1.54) is 31.4 Å². The van der Waals surface area contributed by atoms with Crippen LogP contribution in [0.25, 0.3) is 0 Å². The molecule has 0 saturated heterocycles. The van der Waals surface area contributed by atoms with Crippen molar-refractivity contribution in [2.24, 2.45) is 0 Å². The largest absolute Gasteiger partial charge is 0.492 e. The molecule has 152 valence electrons. The van der Waals surface area contributed by atoms with Crippen molar-refractivity contribution in [1.29, 1.82) is 0 Å². The number of pyridine rings is 1. The van der Waals surface area contributed by atoms with E-state index in [4.69, 9.17) is 16.3 Å². The summed E-state index contributed by atoms with van der Waals surface area (Å²) in [5, 5.41) is 8.06. The van der Waals surface area contributed by atoms with Gasteiger partial charge in [0.1, 0.15) is 18.2 Å². The maximum atomic E-state index is 5.89. The van der Waals surface area contributed by atoms with Crippen molar-refractivity contribution in [1.82, 2.24) is 10.3 Å². The smallest absolute Gasteiger partial charge is 0.130 e. The number of rotatable bonds is 8. The van der Waals surface area contributed by atoms with Gasteiger partial charge in [-0.3, -0.25) is 0 Å². The Kier molecular flexibility index (Phi) is 7.40. The van der Waals surface area contributed by atoms with E-state index in [9.17, 15) is 0 Å². The lowest BCUT2D eigenvalue weighted by atomic mass is 9.91. The van der Waals surface area contributed by atoms with Crippen LogP contribution in [0.5, 0.6) is 5.75 Å². The average molecular weight is 403 g/mol. The van der Waals surface area contributed by atoms with Gasteiger partial charge in [0.05, 0.1) is 0 Å². The van der Waals surface area contributed by atoms with Crippen molar-refractivity contribution in [2.45, 2.75) is 44.7 Å². The van der Waals surface area contributed by atoms with Crippen LogP contribution in [0.4, 0.5) is 11.5 Å². The first-order valence-electron chi connectivity index (χ1n) is 10.0. The number of halogens is 1. The number of aromatic nitrogens is 1. The fourth-order valence-corrected chi connectivity index (χ4v) is 3.73. The van der Waals surface area contributed by atoms with Gasteiger partial charge < -0.3 is 20.3 Å². The summed E-state index contributed by atoms with van der Waals surface area (Å²) in [5.74, 6) is 1.86. The van der Waals surface area contributed by atoms with E-state index in [1.807, 2.05) is 50.2 Å². The van der Waals surface area contributed by atoms with Gasteiger partial charge in [0.15, 0.2) is 0 Å². The van der Waals surface area contributed by atoms with Gasteiger partial charge in [-0.15, -0.1) is 0 Å². The third-order valence-corrected chi connectivity index (χ3v) is 5.37. The molecule has 0 amide bonds. The standard InChI is InChI=1S/C22H31ClN4O/c1-16-14-20(15-22(25-16)27(2)3)26-19-8-6-18(7-9-19)24-12-13-28-21-10-4-17(23)5-11-21/h4-5,10-11,14-15,18-19,24H,6-9,12-13H2,1-3H3,(H,25,26). The maximum Gasteiger partial charge on any atom is 0.130 e. The molecule has 1 aromatic carbocycles. The number of aryl methyl sites for hydroxylation is 1. The summed E-state index contributed by atoms with van der Waals surface area (Å²) >= 11 is 5.89. The molecule has 0 radical (unpaired) electrons. The molecule has 1 heterocycles. The van der Waals surface area contributed by atoms with Gasteiger partial charge in [-0.1, -0.05) is 11.6 Å². The topological polar surface area (TPSA) is 49.4 Å². The highest BCUT2D eigenvalue weighted by molar-refractivity contribution is 6.30. The van der Waals surface area contributed by atoms with E-state index < -0.39 is 0 Å². The van der Waals surface area contributed by atoms with Gasteiger partial charge in [-0.05, 0) is 62.9 Å². The summed E-state index contributed by atoms with van der Waals surface area (Å²) in [6, 6.07) is 12.9. The molecule has 0 atom stereocenters. The number of benzene rings is 1. The van der Waals surface area contributed by atoms with Crippen LogP contribution in [0.2, 0.25) is 5.02 Å². The maximum absolute atomic E-state index is 5.89. The molecule has 1 saturated carbocycles. The van der Waals surface area contributed by atoms with E-state index in [0.29, 0.717) is 18.7 Å². The summed E-state index contributed by atoms with van der Waals surface area (Å²) in [6.45, 7) is 3.58. The van der Waals surface area contributed by atoms with Crippen LogP contribution in [-0.4, -0.2) is 44.3 Å². The molecule has 3 rings (SSSR count). The first-order chi connectivity index (χ1) is 13.5. The van der Waals surface area contributed by atoms with Crippen molar-refractivity contribution in [3.8, 4) is 5.75 Å². The van der Waals surface area contributed by atoms with Crippen LogP contribution in [0.3, 0.4) is 0 Å². The van der Waals surface area contributed by atoms with E-state index in [-0.39, 0.29) is 0 Å². The molecular formula is C22H31ClN4O. The number of hydrogen-bond donors (Lipinski definition) is 2. The number of hydrogen-bond acceptors (Lipinski definition) is 5. The van der Waals surface area contributed by atoms with E-state index >= 15 is 0 Å². The molecule has 0 unspecified atom stereocenters. The number of anilines is 2. The second-order valence-corrected chi connectivity index (χ2v) is 8.14. The van der Waals surface area contributed by atoms with Crippen molar-refractivity contribution in [3.05, 3.63) is 47.1 Å². The van der Waals surface area contributed by atoms with E-state index in [2.05, 4.69) is 27.8 Å². The molecule has 0 aliphatic heterocycles. The Morgan fingerprint density at radius 2 is 1.75 bits per heavy atom. The monoisotopic (exact) mass is 402 g/mol. The van der Waals surface area contributed by atoms with Crippen molar-refractivity contribution < 1.29 is 4.74 Å². The summed E-state index contributed by atoms with van der Waals surface area (Å²) in [4.78, 5) is 6.61. The van der Waals surface area contributed by atoms with Crippen LogP contribution >= 0.6 is 11.6 Å². The van der Waals surface area contributed by atoms with Crippen LogP contribution in [-0.2, 0) is 0 Å². The Bertz CT molecular complexity index is 743. The Hall–Kier alpha value is -1.98. The third-order valence-electron chi connectivity index (χ3n) is 5.11. The highest BCUT2D eigenvalue weighted by atomic mass is 35.5. The Balaban J connectivity index is 1.37. The fraction of sp³-hybridized carbons (Fsp3) is 0.500. The lowest BCUT2D eigenvalue weighted by Crippen LogP contribution is -2.38. The molecule has 28 heavy (non-hydrogen) atoms. The molecule has 1 fully saturated rings. The van der Waals surface area contributed by atoms with Gasteiger partial charge in [-0.2, -0.15) is 0 Å². The van der Waals surface area contributed by atoms with Crippen molar-refractivity contribution >= 4 is 23.1 Å². The van der Waals surface area contributed by atoms with Crippen LogP contribution in [0, 0.1) is 6.92 Å². The molecule has 2 aromatic rings. The quantitative estimate of drug-likeness (QED) is 0.636. The minimum atomic E-state index is 0.528. The summed E-state index contributed by atoms with van der Waals surface area (Å²) in [5.41, 5.74) is 2.22. The fourth-order valence-electron chi connectivity index (χ4n) is 3.60. The highest BCUT2D eigenvalue weighted by Gasteiger charge is 2.21. The Morgan fingerprint density at radius 1 is 1.07 bits per heavy atom. The number of nitrogens with zero attached hydrogens (tertiary/aromatic N) is 2. The van der Waals surface area contributed by atoms with Crippen molar-refractivity contribution in [3.63, 3.8) is 0 Å². The predicted molar refractivity (Wildman–Crippen MR) is 118 cm³/mol. The normalized spacial score (nSPS) is 19.3. The summed E-state index contributed by atoms with van der Waals surface area (Å²) in [7, 11) is 4.05. The molecule has 5 nitrogen and oxygen atoms in total.